The van der Waals surface area contributed by atoms with Gasteiger partial charge in [0.05, 0.1) is 6.54 Å². The number of amides is 2. The summed E-state index contributed by atoms with van der Waals surface area (Å²) in [5.74, 6) is -0.795. The van der Waals surface area contributed by atoms with Crippen LogP contribution in [0.3, 0.4) is 0 Å². The fourth-order valence-corrected chi connectivity index (χ4v) is 3.97. The van der Waals surface area contributed by atoms with Gasteiger partial charge in [0.2, 0.25) is 0 Å². The van der Waals surface area contributed by atoms with Crippen molar-refractivity contribution in [2.24, 2.45) is 0 Å². The number of carboxylic acids is 1. The molecule has 0 saturated heterocycles. The number of carbonyl (C=O) groups excluding carboxylic acids is 1. The number of aliphatic carboxylic acids is 1. The Hall–Kier alpha value is -1.34. The Bertz CT molecular complexity index is 443. The lowest BCUT2D eigenvalue weighted by Crippen LogP contribution is -2.58. The maximum atomic E-state index is 12.1. The summed E-state index contributed by atoms with van der Waals surface area (Å²) >= 11 is 0. The predicted molar refractivity (Wildman–Crippen MR) is 93.1 cm³/mol. The van der Waals surface area contributed by atoms with Gasteiger partial charge in [0.15, 0.2) is 0 Å². The summed E-state index contributed by atoms with van der Waals surface area (Å²) in [5.41, 5.74) is 0.0972. The lowest BCUT2D eigenvalue weighted by Gasteiger charge is -2.42. The van der Waals surface area contributed by atoms with E-state index in [0.717, 1.165) is 32.2 Å². The second-order valence-electron chi connectivity index (χ2n) is 7.43. The minimum Gasteiger partial charge on any atom is -0.480 e. The molecule has 0 heterocycles. The second kappa shape index (κ2) is 8.16. The first-order valence-electron chi connectivity index (χ1n) is 9.04. The van der Waals surface area contributed by atoms with Crippen molar-refractivity contribution >= 4 is 12.0 Å². The SMILES string of the molecule is CCN(CC(=O)O)C1CC(NC(=O)NCC2(N(C)C)CCCC2)C1. The first-order valence-corrected chi connectivity index (χ1v) is 9.04. The average molecular weight is 340 g/mol. The number of carboxylic acid groups (broad SMARTS) is 1. The molecule has 0 aromatic carbocycles. The summed E-state index contributed by atoms with van der Waals surface area (Å²) < 4.78 is 0. The van der Waals surface area contributed by atoms with Crippen LogP contribution in [0.25, 0.3) is 0 Å². The van der Waals surface area contributed by atoms with E-state index in [2.05, 4.69) is 29.6 Å². The highest BCUT2D eigenvalue weighted by molar-refractivity contribution is 5.74. The molecule has 7 heteroatoms. The third kappa shape index (κ3) is 4.60. The van der Waals surface area contributed by atoms with Crippen molar-refractivity contribution < 1.29 is 14.7 Å². The van der Waals surface area contributed by atoms with Crippen LogP contribution in [0.2, 0.25) is 0 Å². The number of nitrogens with zero attached hydrogens (tertiary/aromatic N) is 2. The van der Waals surface area contributed by atoms with Crippen molar-refractivity contribution in [2.75, 3.05) is 33.7 Å². The molecule has 2 saturated carbocycles. The van der Waals surface area contributed by atoms with Crippen LogP contribution in [-0.4, -0.2) is 78.3 Å². The van der Waals surface area contributed by atoms with Gasteiger partial charge in [0, 0.05) is 24.2 Å². The number of likely N-dealkylation sites (N-methyl/N-ethyl adjacent to an activating group) is 2. The number of nitrogens with one attached hydrogen (secondary N) is 2. The first-order chi connectivity index (χ1) is 11.4. The maximum Gasteiger partial charge on any atom is 0.317 e. The highest BCUT2D eigenvalue weighted by atomic mass is 16.4. The van der Waals surface area contributed by atoms with Gasteiger partial charge in [0.25, 0.3) is 0 Å². The standard InChI is InChI=1S/C17H32N4O3/c1-4-21(11-15(22)23)14-9-13(10-14)19-16(24)18-12-17(20(2)3)7-5-6-8-17/h13-14H,4-12H2,1-3H3,(H,22,23)(H2,18,19,24). The molecule has 0 atom stereocenters. The normalized spacial score (nSPS) is 25.5. The molecule has 2 rings (SSSR count). The predicted octanol–water partition coefficient (Wildman–Crippen LogP) is 1.10. The second-order valence-corrected chi connectivity index (χ2v) is 7.43. The van der Waals surface area contributed by atoms with Crippen molar-refractivity contribution in [2.45, 2.75) is 63.1 Å². The third-order valence-electron chi connectivity index (χ3n) is 5.77. The van der Waals surface area contributed by atoms with Gasteiger partial charge in [-0.1, -0.05) is 19.8 Å². The molecule has 0 aromatic rings. The molecule has 2 aliphatic rings. The van der Waals surface area contributed by atoms with E-state index in [1.165, 1.54) is 12.8 Å². The van der Waals surface area contributed by atoms with Crippen LogP contribution >= 0.6 is 0 Å². The van der Waals surface area contributed by atoms with E-state index < -0.39 is 5.97 Å². The van der Waals surface area contributed by atoms with Gasteiger partial charge < -0.3 is 20.6 Å². The number of carbonyl (C=O) groups is 2. The van der Waals surface area contributed by atoms with Crippen molar-refractivity contribution in [3.63, 3.8) is 0 Å². The molecule has 2 amide bonds. The van der Waals surface area contributed by atoms with E-state index in [1.54, 1.807) is 0 Å². The van der Waals surface area contributed by atoms with Crippen LogP contribution in [0.1, 0.15) is 45.4 Å². The topological polar surface area (TPSA) is 84.9 Å². The molecule has 7 nitrogen and oxygen atoms in total. The molecule has 3 N–H and O–H groups in total. The summed E-state index contributed by atoms with van der Waals surface area (Å²) in [7, 11) is 4.17. The zero-order valence-electron chi connectivity index (χ0n) is 15.2. The summed E-state index contributed by atoms with van der Waals surface area (Å²) in [5, 5.41) is 15.0. The van der Waals surface area contributed by atoms with Crippen molar-refractivity contribution in [3.8, 4) is 0 Å². The molecule has 0 spiro atoms. The smallest absolute Gasteiger partial charge is 0.317 e. The van der Waals surface area contributed by atoms with Crippen LogP contribution in [-0.2, 0) is 4.79 Å². The molecule has 0 radical (unpaired) electrons. The lowest BCUT2D eigenvalue weighted by atomic mass is 9.85. The molecule has 2 aliphatic carbocycles. The first kappa shape index (κ1) is 19.0. The maximum absolute atomic E-state index is 12.1. The van der Waals surface area contributed by atoms with Crippen LogP contribution in [0.15, 0.2) is 0 Å². The summed E-state index contributed by atoms with van der Waals surface area (Å²) in [6, 6.07) is 0.309. The Labute approximate surface area is 144 Å². The Balaban J connectivity index is 1.70. The van der Waals surface area contributed by atoms with E-state index in [0.29, 0.717) is 6.54 Å². The number of rotatable bonds is 8. The molecule has 0 aliphatic heterocycles. The molecule has 2 fully saturated rings. The van der Waals surface area contributed by atoms with E-state index in [1.807, 2.05) is 11.8 Å². The quantitative estimate of drug-likeness (QED) is 0.616. The van der Waals surface area contributed by atoms with Gasteiger partial charge in [-0.15, -0.1) is 0 Å². The zero-order chi connectivity index (χ0) is 17.7. The van der Waals surface area contributed by atoms with Gasteiger partial charge >= 0.3 is 12.0 Å². The minimum atomic E-state index is -0.795. The number of hydrogen-bond acceptors (Lipinski definition) is 4. The van der Waals surface area contributed by atoms with Crippen molar-refractivity contribution in [1.29, 1.82) is 0 Å². The molecular weight excluding hydrogens is 308 g/mol. The fourth-order valence-electron chi connectivity index (χ4n) is 3.97. The molecule has 24 heavy (non-hydrogen) atoms. The molecule has 138 valence electrons. The molecule has 0 unspecified atom stereocenters. The van der Waals surface area contributed by atoms with Gasteiger partial charge in [-0.25, -0.2) is 4.79 Å². The van der Waals surface area contributed by atoms with E-state index >= 15 is 0 Å². The average Bonchev–Trinajstić information content (AvgIpc) is 2.96. The zero-order valence-corrected chi connectivity index (χ0v) is 15.2. The Morgan fingerprint density at radius 3 is 2.33 bits per heavy atom. The Morgan fingerprint density at radius 1 is 1.21 bits per heavy atom. The van der Waals surface area contributed by atoms with Gasteiger partial charge in [-0.2, -0.15) is 0 Å². The molecule has 0 bridgehead atoms. The monoisotopic (exact) mass is 340 g/mol. The van der Waals surface area contributed by atoms with E-state index in [-0.39, 0.29) is 30.2 Å². The van der Waals surface area contributed by atoms with E-state index in [4.69, 9.17) is 5.11 Å². The number of hydrogen-bond donors (Lipinski definition) is 3. The molecular formula is C17H32N4O3. The Morgan fingerprint density at radius 2 is 1.83 bits per heavy atom. The number of urea groups is 1. The largest absolute Gasteiger partial charge is 0.480 e. The summed E-state index contributed by atoms with van der Waals surface area (Å²) in [6.45, 7) is 3.45. The van der Waals surface area contributed by atoms with Crippen LogP contribution in [0.4, 0.5) is 4.79 Å². The Kier molecular flexibility index (Phi) is 6.46. The van der Waals surface area contributed by atoms with Crippen molar-refractivity contribution in [3.05, 3.63) is 0 Å². The highest BCUT2D eigenvalue weighted by Crippen LogP contribution is 2.33. The lowest BCUT2D eigenvalue weighted by molar-refractivity contribution is -0.139. The summed E-state index contributed by atoms with van der Waals surface area (Å²) in [4.78, 5) is 27.2. The highest BCUT2D eigenvalue weighted by Gasteiger charge is 2.37. The van der Waals surface area contributed by atoms with Crippen LogP contribution in [0, 0.1) is 0 Å². The van der Waals surface area contributed by atoms with Gasteiger partial charge in [-0.3, -0.25) is 9.69 Å². The van der Waals surface area contributed by atoms with Gasteiger partial charge in [-0.05, 0) is 46.3 Å². The van der Waals surface area contributed by atoms with Crippen molar-refractivity contribution in [1.82, 2.24) is 20.4 Å². The minimum absolute atomic E-state index is 0.0748. The fraction of sp³-hybridized carbons (Fsp3) is 0.882. The van der Waals surface area contributed by atoms with Crippen LogP contribution < -0.4 is 10.6 Å². The van der Waals surface area contributed by atoms with Crippen LogP contribution in [0.5, 0.6) is 0 Å². The third-order valence-corrected chi connectivity index (χ3v) is 5.77. The van der Waals surface area contributed by atoms with Gasteiger partial charge in [0.1, 0.15) is 0 Å². The van der Waals surface area contributed by atoms with E-state index in [9.17, 15) is 9.59 Å². The molecule has 0 aromatic heterocycles. The summed E-state index contributed by atoms with van der Waals surface area (Å²) in [6.07, 6.45) is 6.37.